The van der Waals surface area contributed by atoms with Gasteiger partial charge in [0.25, 0.3) is 0 Å². The third kappa shape index (κ3) is 3.04. The first-order valence-corrected chi connectivity index (χ1v) is 9.11. The predicted molar refractivity (Wildman–Crippen MR) is 92.0 cm³/mol. The van der Waals surface area contributed by atoms with Gasteiger partial charge in [-0.2, -0.15) is 13.2 Å². The molecule has 0 aromatic heterocycles. The van der Waals surface area contributed by atoms with Crippen LogP contribution >= 0.6 is 0 Å². The molecule has 6 heteroatoms. The highest BCUT2D eigenvalue weighted by Crippen LogP contribution is 2.54. The quantitative estimate of drug-likeness (QED) is 0.873. The average molecular weight is 364 g/mol. The van der Waals surface area contributed by atoms with Gasteiger partial charge in [0.1, 0.15) is 6.54 Å². The number of alkyl halides is 3. The molecule has 3 atom stereocenters. The Kier molecular flexibility index (Phi) is 3.95. The molecule has 140 valence electrons. The SMILES string of the molecule is CC1(C)CCC2=C(C1=O)C(C1CC1c1ccccc1)NN2CC(F)(F)F. The summed E-state index contributed by atoms with van der Waals surface area (Å²) in [6, 6.07) is 9.69. The molecule has 1 fully saturated rings. The monoisotopic (exact) mass is 364 g/mol. The standard InChI is InChI=1S/C20H23F3N2O/c1-19(2)9-8-15-16(18(19)26)17(24-25(15)11-20(21,22)23)14-10-13(14)12-6-4-3-5-7-12/h3-7,13-14,17,24H,8-11H2,1-2H3. The van der Waals surface area contributed by atoms with Crippen molar-refractivity contribution in [3.63, 3.8) is 0 Å². The van der Waals surface area contributed by atoms with Crippen molar-refractivity contribution in [1.29, 1.82) is 0 Å². The van der Waals surface area contributed by atoms with Crippen LogP contribution in [0.2, 0.25) is 0 Å². The smallest absolute Gasteiger partial charge is 0.302 e. The van der Waals surface area contributed by atoms with Crippen molar-refractivity contribution in [1.82, 2.24) is 10.4 Å². The molecule has 3 unspecified atom stereocenters. The molecule has 1 saturated carbocycles. The molecule has 0 amide bonds. The van der Waals surface area contributed by atoms with Gasteiger partial charge in [-0.3, -0.25) is 4.79 Å². The number of hydrogen-bond donors (Lipinski definition) is 1. The molecular formula is C20H23F3N2O. The predicted octanol–water partition coefficient (Wildman–Crippen LogP) is 4.18. The lowest BCUT2D eigenvalue weighted by molar-refractivity contribution is -0.147. The average Bonchev–Trinajstić information content (AvgIpc) is 3.28. The lowest BCUT2D eigenvalue weighted by atomic mass is 9.73. The summed E-state index contributed by atoms with van der Waals surface area (Å²) in [5, 5.41) is 1.19. The van der Waals surface area contributed by atoms with Crippen LogP contribution in [0.4, 0.5) is 13.2 Å². The third-order valence-electron chi connectivity index (χ3n) is 5.92. The fourth-order valence-electron chi connectivity index (χ4n) is 4.38. The number of halogens is 3. The Labute approximate surface area is 151 Å². The van der Waals surface area contributed by atoms with Gasteiger partial charge in [-0.15, -0.1) is 0 Å². The molecule has 0 radical (unpaired) electrons. The Morgan fingerprint density at radius 3 is 2.58 bits per heavy atom. The van der Waals surface area contributed by atoms with Gasteiger partial charge >= 0.3 is 6.18 Å². The van der Waals surface area contributed by atoms with Gasteiger partial charge in [0.05, 0.1) is 6.04 Å². The number of allylic oxidation sites excluding steroid dienone is 1. The van der Waals surface area contributed by atoms with E-state index in [1.165, 1.54) is 10.6 Å². The van der Waals surface area contributed by atoms with E-state index in [0.717, 1.165) is 6.42 Å². The Bertz CT molecular complexity index is 754. The van der Waals surface area contributed by atoms with E-state index in [1.807, 2.05) is 32.0 Å². The lowest BCUT2D eigenvalue weighted by Crippen LogP contribution is -2.43. The van der Waals surface area contributed by atoms with Crippen LogP contribution in [0.25, 0.3) is 0 Å². The molecule has 2 aliphatic carbocycles. The topological polar surface area (TPSA) is 32.3 Å². The van der Waals surface area contributed by atoms with Crippen LogP contribution in [0, 0.1) is 11.3 Å². The van der Waals surface area contributed by atoms with Gasteiger partial charge in [0, 0.05) is 16.7 Å². The number of nitrogens with zero attached hydrogens (tertiary/aromatic N) is 1. The van der Waals surface area contributed by atoms with Crippen molar-refractivity contribution < 1.29 is 18.0 Å². The van der Waals surface area contributed by atoms with Gasteiger partial charge in [-0.25, -0.2) is 5.43 Å². The second-order valence-electron chi connectivity index (χ2n) is 8.30. The fraction of sp³-hybridized carbons (Fsp3) is 0.550. The normalized spacial score (nSPS) is 30.6. The number of hydrazine groups is 1. The molecule has 3 aliphatic rings. The molecule has 1 N–H and O–H groups in total. The second kappa shape index (κ2) is 5.84. The highest BCUT2D eigenvalue weighted by Gasteiger charge is 2.54. The first-order chi connectivity index (χ1) is 12.2. The van der Waals surface area contributed by atoms with Crippen LogP contribution in [0.1, 0.15) is 44.6 Å². The zero-order valence-corrected chi connectivity index (χ0v) is 14.9. The first-order valence-electron chi connectivity index (χ1n) is 9.11. The van der Waals surface area contributed by atoms with E-state index >= 15 is 0 Å². The molecule has 4 rings (SSSR count). The molecular weight excluding hydrogens is 341 g/mol. The summed E-state index contributed by atoms with van der Waals surface area (Å²) in [6.07, 6.45) is -2.32. The Morgan fingerprint density at radius 2 is 1.92 bits per heavy atom. The minimum Gasteiger partial charge on any atom is -0.302 e. The van der Waals surface area contributed by atoms with Gasteiger partial charge in [-0.1, -0.05) is 44.2 Å². The van der Waals surface area contributed by atoms with Crippen molar-refractivity contribution in [2.45, 2.75) is 51.2 Å². The summed E-state index contributed by atoms with van der Waals surface area (Å²) in [5.41, 5.74) is 4.86. The molecule has 26 heavy (non-hydrogen) atoms. The highest BCUT2D eigenvalue weighted by molar-refractivity contribution is 6.02. The van der Waals surface area contributed by atoms with Crippen LogP contribution in [0.5, 0.6) is 0 Å². The van der Waals surface area contributed by atoms with Gasteiger partial charge in [0.15, 0.2) is 5.78 Å². The van der Waals surface area contributed by atoms with Gasteiger partial charge in [0.2, 0.25) is 0 Å². The number of Topliss-reactive ketones (excluding diaryl/α,β-unsaturated/α-hetero) is 1. The van der Waals surface area contributed by atoms with E-state index in [4.69, 9.17) is 0 Å². The lowest BCUT2D eigenvalue weighted by Gasteiger charge is -2.31. The summed E-state index contributed by atoms with van der Waals surface area (Å²) < 4.78 is 39.0. The summed E-state index contributed by atoms with van der Waals surface area (Å²) in [4.78, 5) is 13.0. The number of benzene rings is 1. The zero-order chi connectivity index (χ0) is 18.7. The highest BCUT2D eigenvalue weighted by atomic mass is 19.4. The largest absolute Gasteiger partial charge is 0.407 e. The van der Waals surface area contributed by atoms with Crippen molar-refractivity contribution in [3.8, 4) is 0 Å². The van der Waals surface area contributed by atoms with Crippen LogP contribution in [-0.4, -0.2) is 29.6 Å². The molecule has 0 spiro atoms. The summed E-state index contributed by atoms with van der Waals surface area (Å²) in [6.45, 7) is 2.73. The number of carbonyl (C=O) groups is 1. The van der Waals surface area contributed by atoms with Gasteiger partial charge < -0.3 is 5.01 Å². The Morgan fingerprint density at radius 1 is 1.23 bits per heavy atom. The molecule has 1 heterocycles. The molecule has 1 aromatic carbocycles. The van der Waals surface area contributed by atoms with E-state index in [1.54, 1.807) is 0 Å². The molecule has 3 nitrogen and oxygen atoms in total. The molecule has 0 bridgehead atoms. The van der Waals surface area contributed by atoms with Gasteiger partial charge in [-0.05, 0) is 36.7 Å². The molecule has 1 aliphatic heterocycles. The first kappa shape index (κ1) is 17.6. The minimum atomic E-state index is -4.31. The maximum absolute atomic E-state index is 13.0. The van der Waals surface area contributed by atoms with E-state index in [2.05, 4.69) is 17.6 Å². The summed E-state index contributed by atoms with van der Waals surface area (Å²) in [7, 11) is 0. The van der Waals surface area contributed by atoms with Crippen LogP contribution < -0.4 is 5.43 Å². The van der Waals surface area contributed by atoms with Crippen molar-refractivity contribution in [2.75, 3.05) is 6.54 Å². The maximum atomic E-state index is 13.0. The Balaban J connectivity index is 1.63. The van der Waals surface area contributed by atoms with E-state index < -0.39 is 18.1 Å². The van der Waals surface area contributed by atoms with Crippen LogP contribution in [0.15, 0.2) is 41.6 Å². The third-order valence-corrected chi connectivity index (χ3v) is 5.92. The van der Waals surface area contributed by atoms with Crippen molar-refractivity contribution >= 4 is 5.78 Å². The molecule has 1 aromatic rings. The van der Waals surface area contributed by atoms with E-state index in [9.17, 15) is 18.0 Å². The summed E-state index contributed by atoms with van der Waals surface area (Å²) in [5.74, 6) is 0.462. The second-order valence-corrected chi connectivity index (χ2v) is 8.30. The van der Waals surface area contributed by atoms with Crippen molar-refractivity contribution in [2.24, 2.45) is 11.3 Å². The number of carbonyl (C=O) groups excluding carboxylic acids is 1. The minimum absolute atomic E-state index is 0.000337. The number of hydrogen-bond acceptors (Lipinski definition) is 3. The van der Waals surface area contributed by atoms with E-state index in [-0.39, 0.29) is 17.7 Å². The van der Waals surface area contributed by atoms with Crippen LogP contribution in [0.3, 0.4) is 0 Å². The van der Waals surface area contributed by atoms with Crippen LogP contribution in [-0.2, 0) is 4.79 Å². The summed E-state index contributed by atoms with van der Waals surface area (Å²) >= 11 is 0. The Hall–Kier alpha value is -1.82. The maximum Gasteiger partial charge on any atom is 0.407 e. The van der Waals surface area contributed by atoms with Crippen molar-refractivity contribution in [3.05, 3.63) is 47.2 Å². The number of rotatable bonds is 3. The zero-order valence-electron chi connectivity index (χ0n) is 14.9. The van der Waals surface area contributed by atoms with E-state index in [0.29, 0.717) is 30.0 Å². The number of ketones is 1. The fourth-order valence-corrected chi connectivity index (χ4v) is 4.38. The molecule has 0 saturated heterocycles. The number of nitrogens with one attached hydrogen (secondary N) is 1.